The maximum Gasteiger partial charge on any atom is 0.278 e. The smallest absolute Gasteiger partial charge is 0.278 e. The minimum absolute atomic E-state index is 0.0462. The van der Waals surface area contributed by atoms with E-state index < -0.39 is 0 Å². The Morgan fingerprint density at radius 1 is 1.11 bits per heavy atom. The number of nitrogens with one attached hydrogen (secondary N) is 1. The van der Waals surface area contributed by atoms with Crippen molar-refractivity contribution in [3.63, 3.8) is 0 Å². The number of rotatable bonds is 7. The summed E-state index contributed by atoms with van der Waals surface area (Å²) < 4.78 is 3.36. The summed E-state index contributed by atoms with van der Waals surface area (Å²) in [6, 6.07) is 13.7. The molecular formula is C27H31N7O2. The zero-order valence-electron chi connectivity index (χ0n) is 20.7. The summed E-state index contributed by atoms with van der Waals surface area (Å²) >= 11 is 0. The number of benzene rings is 2. The van der Waals surface area contributed by atoms with Gasteiger partial charge < -0.3 is 20.2 Å². The molecular weight excluding hydrogens is 454 g/mol. The Balaban J connectivity index is 1.49. The maximum absolute atomic E-state index is 13.1. The van der Waals surface area contributed by atoms with Gasteiger partial charge in [-0.2, -0.15) is 4.98 Å². The molecule has 1 saturated heterocycles. The van der Waals surface area contributed by atoms with Crippen LogP contribution in [0.3, 0.4) is 0 Å². The zero-order valence-corrected chi connectivity index (χ0v) is 20.7. The lowest BCUT2D eigenvalue weighted by Gasteiger charge is -2.35. The Labute approximate surface area is 209 Å². The molecule has 0 aliphatic carbocycles. The van der Waals surface area contributed by atoms with Crippen LogP contribution < -0.4 is 15.8 Å². The Morgan fingerprint density at radius 3 is 2.53 bits per heavy atom. The van der Waals surface area contributed by atoms with E-state index in [1.165, 1.54) is 11.3 Å². The number of aromatic nitrogens is 4. The molecule has 0 radical (unpaired) electrons. The van der Waals surface area contributed by atoms with Crippen molar-refractivity contribution < 1.29 is 5.11 Å². The number of likely N-dealkylation sites (N-methyl/N-ethyl adjacent to an activating group) is 1. The summed E-state index contributed by atoms with van der Waals surface area (Å²) in [7, 11) is 2.16. The number of allylic oxidation sites excluding steroid dienone is 1. The van der Waals surface area contributed by atoms with Crippen molar-refractivity contribution >= 4 is 28.4 Å². The predicted molar refractivity (Wildman–Crippen MR) is 143 cm³/mol. The molecule has 9 heteroatoms. The molecule has 9 nitrogen and oxygen atoms in total. The summed E-state index contributed by atoms with van der Waals surface area (Å²) in [6.07, 6.45) is 3.24. The van der Waals surface area contributed by atoms with E-state index in [4.69, 9.17) is 4.98 Å². The number of fused-ring (bicyclic) bond motifs is 1. The second kappa shape index (κ2) is 9.96. The highest BCUT2D eigenvalue weighted by Gasteiger charge is 2.18. The predicted octanol–water partition coefficient (Wildman–Crippen LogP) is 3.06. The fourth-order valence-electron chi connectivity index (χ4n) is 4.65. The first-order chi connectivity index (χ1) is 17.5. The molecule has 1 aliphatic heterocycles. The van der Waals surface area contributed by atoms with Gasteiger partial charge in [0.25, 0.3) is 5.56 Å². The number of nitrogens with zero attached hydrogens (tertiary/aromatic N) is 6. The second-order valence-corrected chi connectivity index (χ2v) is 9.16. The van der Waals surface area contributed by atoms with Gasteiger partial charge in [0, 0.05) is 43.8 Å². The average Bonchev–Trinajstić information content (AvgIpc) is 3.16. The fourth-order valence-corrected chi connectivity index (χ4v) is 4.65. The van der Waals surface area contributed by atoms with Gasteiger partial charge in [-0.25, -0.2) is 14.3 Å². The van der Waals surface area contributed by atoms with Crippen molar-refractivity contribution in [1.82, 2.24) is 24.2 Å². The van der Waals surface area contributed by atoms with Crippen LogP contribution in [-0.2, 0) is 13.2 Å². The standard InChI is InChI=1S/C27H31N7O2/c1-4-11-33-26(36)23-17-28-27(30-25(23)34(33)22-8-5-20(18-35)6-9-22)29-21-7-10-24(19(2)16-21)32-14-12-31(3)13-15-32/h4-10,16-17,35H,1,11-15,18H2,2-3H3,(H,28,29,30). The average molecular weight is 486 g/mol. The Hall–Kier alpha value is -3.95. The van der Waals surface area contributed by atoms with E-state index in [-0.39, 0.29) is 12.2 Å². The van der Waals surface area contributed by atoms with Gasteiger partial charge in [-0.05, 0) is 55.4 Å². The molecule has 0 saturated carbocycles. The van der Waals surface area contributed by atoms with E-state index in [2.05, 4.69) is 52.8 Å². The summed E-state index contributed by atoms with van der Waals surface area (Å²) in [4.78, 5) is 27.0. The molecule has 186 valence electrons. The summed E-state index contributed by atoms with van der Waals surface area (Å²) in [5, 5.41) is 13.1. The van der Waals surface area contributed by atoms with Crippen LogP contribution in [0.4, 0.5) is 17.3 Å². The van der Waals surface area contributed by atoms with E-state index >= 15 is 0 Å². The largest absolute Gasteiger partial charge is 0.392 e. The second-order valence-electron chi connectivity index (χ2n) is 9.16. The van der Waals surface area contributed by atoms with Crippen LogP contribution in [0.2, 0.25) is 0 Å². The normalized spacial score (nSPS) is 14.4. The van der Waals surface area contributed by atoms with Gasteiger partial charge in [0.1, 0.15) is 5.39 Å². The minimum Gasteiger partial charge on any atom is -0.392 e. The summed E-state index contributed by atoms with van der Waals surface area (Å²) in [6.45, 7) is 10.3. The molecule has 0 spiro atoms. The van der Waals surface area contributed by atoms with Gasteiger partial charge in [-0.3, -0.25) is 4.79 Å². The summed E-state index contributed by atoms with van der Waals surface area (Å²) in [5.41, 5.74) is 5.18. The van der Waals surface area contributed by atoms with Crippen molar-refractivity contribution in [3.8, 4) is 5.69 Å². The van der Waals surface area contributed by atoms with Crippen molar-refractivity contribution in [1.29, 1.82) is 0 Å². The molecule has 3 heterocycles. The Kier molecular flexibility index (Phi) is 6.58. The number of aliphatic hydroxyl groups is 1. The molecule has 2 aromatic carbocycles. The monoisotopic (exact) mass is 485 g/mol. The highest BCUT2D eigenvalue weighted by Crippen LogP contribution is 2.26. The van der Waals surface area contributed by atoms with Crippen LogP contribution in [0.5, 0.6) is 0 Å². The number of hydrogen-bond donors (Lipinski definition) is 2. The van der Waals surface area contributed by atoms with Crippen molar-refractivity contribution in [2.45, 2.75) is 20.1 Å². The van der Waals surface area contributed by atoms with Crippen molar-refractivity contribution in [2.75, 3.05) is 43.4 Å². The summed E-state index contributed by atoms with van der Waals surface area (Å²) in [5.74, 6) is 0.408. The molecule has 2 aromatic heterocycles. The van der Waals surface area contributed by atoms with Gasteiger partial charge in [0.2, 0.25) is 5.95 Å². The highest BCUT2D eigenvalue weighted by atomic mass is 16.3. The Morgan fingerprint density at radius 2 is 1.86 bits per heavy atom. The van der Waals surface area contributed by atoms with E-state index in [0.29, 0.717) is 23.5 Å². The third-order valence-electron chi connectivity index (χ3n) is 6.64. The minimum atomic E-state index is -0.185. The van der Waals surface area contributed by atoms with Gasteiger partial charge >= 0.3 is 0 Å². The van der Waals surface area contributed by atoms with Gasteiger partial charge in [0.05, 0.1) is 18.8 Å². The van der Waals surface area contributed by atoms with Crippen molar-refractivity contribution in [3.05, 3.63) is 82.8 Å². The number of aliphatic hydroxyl groups excluding tert-OH is 1. The van der Waals surface area contributed by atoms with Crippen molar-refractivity contribution in [2.24, 2.45) is 0 Å². The quantitative estimate of drug-likeness (QED) is 0.389. The third kappa shape index (κ3) is 4.50. The first-order valence-corrected chi connectivity index (χ1v) is 12.1. The van der Waals surface area contributed by atoms with Crippen LogP contribution in [0, 0.1) is 6.92 Å². The first kappa shape index (κ1) is 23.8. The molecule has 0 unspecified atom stereocenters. The topological polar surface area (TPSA) is 91.5 Å². The van der Waals surface area contributed by atoms with Crippen LogP contribution in [0.25, 0.3) is 16.7 Å². The maximum atomic E-state index is 13.1. The van der Waals surface area contributed by atoms with E-state index in [1.54, 1.807) is 21.6 Å². The number of hydrogen-bond acceptors (Lipinski definition) is 7. The van der Waals surface area contributed by atoms with Crippen LogP contribution in [0.1, 0.15) is 11.1 Å². The molecule has 0 atom stereocenters. The third-order valence-corrected chi connectivity index (χ3v) is 6.64. The number of piperazine rings is 1. The van der Waals surface area contributed by atoms with E-state index in [9.17, 15) is 9.90 Å². The number of aryl methyl sites for hydroxylation is 1. The molecule has 4 aromatic rings. The molecule has 0 bridgehead atoms. The SMILES string of the molecule is C=CCn1c(=O)c2cnc(Nc3ccc(N4CCN(C)CC4)c(C)c3)nc2n1-c1ccc(CO)cc1. The zero-order chi connectivity index (χ0) is 25.2. The lowest BCUT2D eigenvalue weighted by molar-refractivity contribution is 0.282. The molecule has 2 N–H and O–H groups in total. The van der Waals surface area contributed by atoms with E-state index in [0.717, 1.165) is 43.1 Å². The molecule has 1 aliphatic rings. The van der Waals surface area contributed by atoms with Gasteiger partial charge in [0.15, 0.2) is 5.65 Å². The first-order valence-electron chi connectivity index (χ1n) is 12.1. The van der Waals surface area contributed by atoms with Crippen LogP contribution in [0.15, 0.2) is 66.1 Å². The fraction of sp³-hybridized carbons (Fsp3) is 0.296. The van der Waals surface area contributed by atoms with Crippen LogP contribution in [-0.4, -0.2) is 62.6 Å². The molecule has 36 heavy (non-hydrogen) atoms. The lowest BCUT2D eigenvalue weighted by atomic mass is 10.1. The molecule has 0 amide bonds. The molecule has 5 rings (SSSR count). The Bertz CT molecular complexity index is 1450. The van der Waals surface area contributed by atoms with Crippen LogP contribution >= 0.6 is 0 Å². The van der Waals surface area contributed by atoms with E-state index in [1.807, 2.05) is 30.3 Å². The van der Waals surface area contributed by atoms with Gasteiger partial charge in [-0.15, -0.1) is 6.58 Å². The highest BCUT2D eigenvalue weighted by molar-refractivity contribution is 5.77. The van der Waals surface area contributed by atoms with Gasteiger partial charge in [-0.1, -0.05) is 18.2 Å². The lowest BCUT2D eigenvalue weighted by Crippen LogP contribution is -2.44. The molecule has 1 fully saturated rings. The number of anilines is 3.